The normalized spacial score (nSPS) is 16.1. The van der Waals surface area contributed by atoms with Crippen LogP contribution in [0.4, 0.5) is 0 Å². The number of carboxylic acids is 1. The van der Waals surface area contributed by atoms with Crippen LogP contribution in [-0.2, 0) is 11.3 Å². The molecule has 0 unspecified atom stereocenters. The van der Waals surface area contributed by atoms with Gasteiger partial charge in [-0.15, -0.1) is 0 Å². The molecule has 0 radical (unpaired) electrons. The average Bonchev–Trinajstić information content (AvgIpc) is 3.10. The molecule has 2 aromatic rings. The van der Waals surface area contributed by atoms with Gasteiger partial charge in [0.2, 0.25) is 5.89 Å². The first-order valence-electron chi connectivity index (χ1n) is 8.78. The molecule has 26 heavy (non-hydrogen) atoms. The van der Waals surface area contributed by atoms with Gasteiger partial charge in [-0.3, -0.25) is 14.6 Å². The second kappa shape index (κ2) is 8.33. The summed E-state index contributed by atoms with van der Waals surface area (Å²) in [4.78, 5) is 19.5. The lowest BCUT2D eigenvalue weighted by Gasteiger charge is -2.35. The van der Waals surface area contributed by atoms with Gasteiger partial charge in [-0.25, -0.2) is 4.98 Å². The van der Waals surface area contributed by atoms with E-state index in [4.69, 9.17) is 14.3 Å². The summed E-state index contributed by atoms with van der Waals surface area (Å²) in [5, 5.41) is 8.91. The molecule has 0 bridgehead atoms. The number of ether oxygens (including phenoxy) is 1. The topological polar surface area (TPSA) is 79.0 Å². The Labute approximate surface area is 153 Å². The molecule has 3 rings (SSSR count). The number of piperidine rings is 1. The summed E-state index contributed by atoms with van der Waals surface area (Å²) in [7, 11) is 3.52. The fraction of sp³-hybridized carbons (Fsp3) is 0.474. The van der Waals surface area contributed by atoms with Crippen LogP contribution in [-0.4, -0.2) is 65.7 Å². The van der Waals surface area contributed by atoms with E-state index in [1.54, 1.807) is 13.3 Å². The molecule has 140 valence electrons. The zero-order valence-corrected chi connectivity index (χ0v) is 15.2. The molecule has 0 spiro atoms. The zero-order chi connectivity index (χ0) is 18.5. The summed E-state index contributed by atoms with van der Waals surface area (Å²) < 4.78 is 11.1. The number of aliphatic carboxylic acids is 1. The van der Waals surface area contributed by atoms with E-state index in [1.165, 1.54) is 0 Å². The fourth-order valence-electron chi connectivity index (χ4n) is 3.32. The molecule has 1 N–H and O–H groups in total. The Kier molecular flexibility index (Phi) is 5.90. The summed E-state index contributed by atoms with van der Waals surface area (Å²) in [6.45, 7) is 2.59. The Bertz CT molecular complexity index is 721. The van der Waals surface area contributed by atoms with Crippen LogP contribution in [0, 0.1) is 0 Å². The highest BCUT2D eigenvalue weighted by atomic mass is 16.5. The minimum Gasteiger partial charge on any atom is -0.497 e. The highest BCUT2D eigenvalue weighted by molar-refractivity contribution is 5.69. The van der Waals surface area contributed by atoms with Crippen molar-refractivity contribution >= 4 is 5.97 Å². The third-order valence-corrected chi connectivity index (χ3v) is 4.85. The summed E-state index contributed by atoms with van der Waals surface area (Å²) in [6, 6.07) is 8.02. The van der Waals surface area contributed by atoms with E-state index in [0.717, 1.165) is 43.0 Å². The minimum absolute atomic E-state index is 0.0929. The molecule has 0 amide bonds. The van der Waals surface area contributed by atoms with Crippen LogP contribution in [0.3, 0.4) is 0 Å². The van der Waals surface area contributed by atoms with E-state index in [9.17, 15) is 4.79 Å². The SMILES string of the molecule is COc1ccc(-c2cnc(CN3CCC(N(C)CC(=O)O)CC3)o2)cc1. The quantitative estimate of drug-likeness (QED) is 0.813. The Morgan fingerprint density at radius 3 is 2.65 bits per heavy atom. The number of rotatable bonds is 7. The van der Waals surface area contributed by atoms with Crippen LogP contribution in [0.2, 0.25) is 0 Å². The molecule has 7 heteroatoms. The van der Waals surface area contributed by atoms with Crippen molar-refractivity contribution in [3.05, 3.63) is 36.4 Å². The largest absolute Gasteiger partial charge is 0.497 e. The van der Waals surface area contributed by atoms with Crippen molar-refractivity contribution in [3.63, 3.8) is 0 Å². The highest BCUT2D eigenvalue weighted by Crippen LogP contribution is 2.24. The van der Waals surface area contributed by atoms with E-state index in [1.807, 2.05) is 36.2 Å². The lowest BCUT2D eigenvalue weighted by Crippen LogP contribution is -2.44. The van der Waals surface area contributed by atoms with Gasteiger partial charge in [0.1, 0.15) is 5.75 Å². The third kappa shape index (κ3) is 4.62. The molecule has 1 aliphatic rings. The molecule has 1 aromatic carbocycles. The van der Waals surface area contributed by atoms with Crippen LogP contribution in [0.25, 0.3) is 11.3 Å². The van der Waals surface area contributed by atoms with Crippen LogP contribution in [0.1, 0.15) is 18.7 Å². The first kappa shape index (κ1) is 18.4. The average molecular weight is 359 g/mol. The number of hydrogen-bond acceptors (Lipinski definition) is 6. The van der Waals surface area contributed by atoms with Gasteiger partial charge in [-0.05, 0) is 44.2 Å². The van der Waals surface area contributed by atoms with Crippen LogP contribution < -0.4 is 4.74 Å². The van der Waals surface area contributed by atoms with Gasteiger partial charge >= 0.3 is 5.97 Å². The standard InChI is InChI=1S/C19H25N3O4/c1-21(13-19(23)24)15-7-9-22(10-8-15)12-18-20-11-17(26-18)14-3-5-16(25-2)6-4-14/h3-6,11,15H,7-10,12-13H2,1-2H3,(H,23,24). The number of benzene rings is 1. The van der Waals surface area contributed by atoms with Crippen LogP contribution >= 0.6 is 0 Å². The van der Waals surface area contributed by atoms with Gasteiger partial charge in [0, 0.05) is 24.7 Å². The summed E-state index contributed by atoms with van der Waals surface area (Å²) in [5.74, 6) is 1.48. The van der Waals surface area contributed by atoms with Crippen molar-refractivity contribution in [3.8, 4) is 17.1 Å². The minimum atomic E-state index is -0.777. The Morgan fingerprint density at radius 2 is 2.04 bits per heavy atom. The molecule has 7 nitrogen and oxygen atoms in total. The number of nitrogens with zero attached hydrogens (tertiary/aromatic N) is 3. The van der Waals surface area contributed by atoms with Crippen molar-refractivity contribution < 1.29 is 19.1 Å². The number of carboxylic acid groups (broad SMARTS) is 1. The molecule has 2 heterocycles. The molecule has 1 saturated heterocycles. The maximum Gasteiger partial charge on any atom is 0.317 e. The first-order chi connectivity index (χ1) is 12.5. The van der Waals surface area contributed by atoms with E-state index in [2.05, 4.69) is 9.88 Å². The van der Waals surface area contributed by atoms with Gasteiger partial charge in [-0.1, -0.05) is 0 Å². The maximum absolute atomic E-state index is 10.8. The van der Waals surface area contributed by atoms with Crippen molar-refractivity contribution in [2.45, 2.75) is 25.4 Å². The predicted octanol–water partition coefficient (Wildman–Crippen LogP) is 2.33. The first-order valence-corrected chi connectivity index (χ1v) is 8.78. The van der Waals surface area contributed by atoms with Crippen LogP contribution in [0.15, 0.2) is 34.9 Å². The van der Waals surface area contributed by atoms with Gasteiger partial charge in [-0.2, -0.15) is 0 Å². The molecule has 0 aliphatic carbocycles. The molecule has 1 aliphatic heterocycles. The van der Waals surface area contributed by atoms with Gasteiger partial charge < -0.3 is 14.3 Å². The van der Waals surface area contributed by atoms with Crippen molar-refractivity contribution in [2.75, 3.05) is 33.8 Å². The van der Waals surface area contributed by atoms with E-state index < -0.39 is 5.97 Å². The molecule has 1 fully saturated rings. The monoisotopic (exact) mass is 359 g/mol. The maximum atomic E-state index is 10.8. The number of likely N-dealkylation sites (N-methyl/N-ethyl adjacent to an activating group) is 1. The summed E-state index contributed by atoms with van der Waals surface area (Å²) in [5.41, 5.74) is 0.971. The lowest BCUT2D eigenvalue weighted by molar-refractivity contribution is -0.138. The van der Waals surface area contributed by atoms with Crippen molar-refractivity contribution in [1.82, 2.24) is 14.8 Å². The number of carbonyl (C=O) groups is 1. The third-order valence-electron chi connectivity index (χ3n) is 4.85. The molecule has 0 atom stereocenters. The summed E-state index contributed by atoms with van der Waals surface area (Å²) in [6.07, 6.45) is 3.66. The second-order valence-corrected chi connectivity index (χ2v) is 6.66. The Morgan fingerprint density at radius 1 is 1.35 bits per heavy atom. The van der Waals surface area contributed by atoms with Crippen LogP contribution in [0.5, 0.6) is 5.75 Å². The lowest BCUT2D eigenvalue weighted by atomic mass is 10.0. The number of hydrogen-bond donors (Lipinski definition) is 1. The molecule has 1 aromatic heterocycles. The van der Waals surface area contributed by atoms with Crippen molar-refractivity contribution in [1.29, 1.82) is 0 Å². The van der Waals surface area contributed by atoms with Gasteiger partial charge in [0.15, 0.2) is 5.76 Å². The molecule has 0 saturated carbocycles. The van der Waals surface area contributed by atoms with E-state index >= 15 is 0 Å². The fourth-order valence-corrected chi connectivity index (χ4v) is 3.32. The molecular formula is C19H25N3O4. The van der Waals surface area contributed by atoms with E-state index in [0.29, 0.717) is 18.5 Å². The number of aromatic nitrogens is 1. The predicted molar refractivity (Wildman–Crippen MR) is 97.1 cm³/mol. The number of methoxy groups -OCH3 is 1. The Balaban J connectivity index is 1.53. The summed E-state index contributed by atoms with van der Waals surface area (Å²) >= 11 is 0. The second-order valence-electron chi connectivity index (χ2n) is 6.66. The van der Waals surface area contributed by atoms with Gasteiger partial charge in [0.25, 0.3) is 0 Å². The Hall–Kier alpha value is -2.38. The molecular weight excluding hydrogens is 334 g/mol. The van der Waals surface area contributed by atoms with Gasteiger partial charge in [0.05, 0.1) is 26.4 Å². The zero-order valence-electron chi connectivity index (χ0n) is 15.2. The van der Waals surface area contributed by atoms with Crippen molar-refractivity contribution in [2.24, 2.45) is 0 Å². The number of likely N-dealkylation sites (tertiary alicyclic amines) is 1. The highest BCUT2D eigenvalue weighted by Gasteiger charge is 2.24. The van der Waals surface area contributed by atoms with E-state index in [-0.39, 0.29) is 6.54 Å². The smallest absolute Gasteiger partial charge is 0.317 e. The number of oxazole rings is 1.